The normalized spacial score (nSPS) is 13.4. The van der Waals surface area contributed by atoms with Gasteiger partial charge in [-0.3, -0.25) is 4.68 Å². The summed E-state index contributed by atoms with van der Waals surface area (Å²) in [5.41, 5.74) is 6.10. The second-order valence-corrected chi connectivity index (χ2v) is 2.57. The van der Waals surface area contributed by atoms with E-state index in [0.717, 1.165) is 0 Å². The van der Waals surface area contributed by atoms with E-state index in [1.807, 2.05) is 6.92 Å². The van der Waals surface area contributed by atoms with Gasteiger partial charge in [0.25, 0.3) is 0 Å². The Morgan fingerprint density at radius 3 is 3.00 bits per heavy atom. The molecule has 0 aliphatic heterocycles. The zero-order chi connectivity index (χ0) is 8.27. The molecule has 0 amide bonds. The largest absolute Gasteiger partial charge is 0.390 e. The molecule has 1 atom stereocenters. The number of hydrogen-bond donors (Lipinski definition) is 2. The highest BCUT2D eigenvalue weighted by Crippen LogP contribution is 1.92. The second kappa shape index (κ2) is 3.45. The molecule has 1 rings (SSSR count). The van der Waals surface area contributed by atoms with Crippen LogP contribution in [0.2, 0.25) is 0 Å². The van der Waals surface area contributed by atoms with Crippen LogP contribution in [-0.2, 0) is 13.2 Å². The molecule has 0 bridgehead atoms. The van der Waals surface area contributed by atoms with Crippen molar-refractivity contribution in [2.24, 2.45) is 5.73 Å². The van der Waals surface area contributed by atoms with Gasteiger partial charge in [0, 0.05) is 6.04 Å². The van der Waals surface area contributed by atoms with Crippen LogP contribution < -0.4 is 5.73 Å². The molecule has 62 valence electrons. The molecule has 1 aromatic rings. The van der Waals surface area contributed by atoms with Crippen LogP contribution in [0.15, 0.2) is 6.20 Å². The molecule has 0 fully saturated rings. The smallest absolute Gasteiger partial charge is 0.108 e. The third-order valence-electron chi connectivity index (χ3n) is 1.22. The van der Waals surface area contributed by atoms with Crippen LogP contribution >= 0.6 is 0 Å². The first-order chi connectivity index (χ1) is 5.22. The molecule has 0 radical (unpaired) electrons. The lowest BCUT2D eigenvalue weighted by Gasteiger charge is -2.01. The number of rotatable bonds is 3. The monoisotopic (exact) mass is 156 g/mol. The average molecular weight is 156 g/mol. The van der Waals surface area contributed by atoms with E-state index in [4.69, 9.17) is 10.8 Å². The molecule has 5 nitrogen and oxygen atoms in total. The summed E-state index contributed by atoms with van der Waals surface area (Å²) < 4.78 is 1.62. The highest BCUT2D eigenvalue weighted by Gasteiger charge is 2.00. The Labute approximate surface area is 64.8 Å². The van der Waals surface area contributed by atoms with Gasteiger partial charge in [0.2, 0.25) is 0 Å². The van der Waals surface area contributed by atoms with Crippen molar-refractivity contribution in [1.29, 1.82) is 0 Å². The van der Waals surface area contributed by atoms with Gasteiger partial charge in [-0.05, 0) is 6.92 Å². The highest BCUT2D eigenvalue weighted by molar-refractivity contribution is 4.89. The molecule has 0 spiro atoms. The first kappa shape index (κ1) is 8.16. The number of aliphatic hydroxyl groups is 1. The number of hydrogen-bond acceptors (Lipinski definition) is 4. The lowest BCUT2D eigenvalue weighted by molar-refractivity contribution is 0.276. The maximum Gasteiger partial charge on any atom is 0.108 e. The van der Waals surface area contributed by atoms with E-state index in [-0.39, 0.29) is 12.6 Å². The summed E-state index contributed by atoms with van der Waals surface area (Å²) in [7, 11) is 0. The van der Waals surface area contributed by atoms with Crippen LogP contribution in [-0.4, -0.2) is 26.1 Å². The van der Waals surface area contributed by atoms with Gasteiger partial charge in [0.15, 0.2) is 0 Å². The van der Waals surface area contributed by atoms with E-state index in [9.17, 15) is 0 Å². The molecule has 0 aromatic carbocycles. The summed E-state index contributed by atoms with van der Waals surface area (Å²) >= 11 is 0. The first-order valence-electron chi connectivity index (χ1n) is 3.48. The topological polar surface area (TPSA) is 77.0 Å². The summed E-state index contributed by atoms with van der Waals surface area (Å²) in [4.78, 5) is 0. The van der Waals surface area contributed by atoms with Gasteiger partial charge in [-0.25, -0.2) is 0 Å². The predicted molar refractivity (Wildman–Crippen MR) is 39.6 cm³/mol. The Morgan fingerprint density at radius 1 is 1.82 bits per heavy atom. The molecule has 0 saturated heterocycles. The Morgan fingerprint density at radius 2 is 2.55 bits per heavy atom. The van der Waals surface area contributed by atoms with Crippen LogP contribution in [0.5, 0.6) is 0 Å². The Balaban J connectivity index is 2.58. The average Bonchev–Trinajstić information content (AvgIpc) is 2.34. The summed E-state index contributed by atoms with van der Waals surface area (Å²) in [6.45, 7) is 2.45. The minimum atomic E-state index is -0.0705. The number of nitrogens with two attached hydrogens (primary N) is 1. The fraction of sp³-hybridized carbons (Fsp3) is 0.667. The van der Waals surface area contributed by atoms with E-state index in [1.165, 1.54) is 0 Å². The standard InChI is InChI=1S/C6H12N4O/c1-5(7)2-10-3-6(4-11)8-9-10/h3,5,11H,2,4,7H2,1H3/t5-/m1/s1. The molecule has 3 N–H and O–H groups in total. The van der Waals surface area contributed by atoms with Crippen LogP contribution in [0.4, 0.5) is 0 Å². The molecule has 0 aliphatic carbocycles. The van der Waals surface area contributed by atoms with Crippen molar-refractivity contribution in [3.05, 3.63) is 11.9 Å². The van der Waals surface area contributed by atoms with Crippen LogP contribution in [0.3, 0.4) is 0 Å². The van der Waals surface area contributed by atoms with Crippen molar-refractivity contribution in [2.45, 2.75) is 26.1 Å². The van der Waals surface area contributed by atoms with Crippen LogP contribution in [0.25, 0.3) is 0 Å². The predicted octanol–water partition coefficient (Wildman–Crippen LogP) is -0.882. The van der Waals surface area contributed by atoms with E-state index in [1.54, 1.807) is 10.9 Å². The molecule has 0 aliphatic rings. The fourth-order valence-electron chi connectivity index (χ4n) is 0.795. The summed E-state index contributed by atoms with van der Waals surface area (Å²) in [6, 6.07) is 0.0586. The molecular weight excluding hydrogens is 144 g/mol. The summed E-state index contributed by atoms with van der Waals surface area (Å²) in [5, 5.41) is 16.1. The van der Waals surface area contributed by atoms with Crippen LogP contribution in [0, 0.1) is 0 Å². The Hall–Kier alpha value is -0.940. The van der Waals surface area contributed by atoms with Crippen molar-refractivity contribution in [1.82, 2.24) is 15.0 Å². The van der Waals surface area contributed by atoms with Gasteiger partial charge in [0.1, 0.15) is 5.69 Å². The van der Waals surface area contributed by atoms with E-state index < -0.39 is 0 Å². The van der Waals surface area contributed by atoms with E-state index in [2.05, 4.69) is 10.3 Å². The summed E-state index contributed by atoms with van der Waals surface area (Å²) in [6.07, 6.45) is 1.68. The minimum Gasteiger partial charge on any atom is -0.390 e. The second-order valence-electron chi connectivity index (χ2n) is 2.57. The van der Waals surface area contributed by atoms with E-state index >= 15 is 0 Å². The third-order valence-corrected chi connectivity index (χ3v) is 1.22. The minimum absolute atomic E-state index is 0.0586. The van der Waals surface area contributed by atoms with Gasteiger partial charge < -0.3 is 10.8 Å². The van der Waals surface area contributed by atoms with Gasteiger partial charge in [-0.15, -0.1) is 5.10 Å². The molecule has 0 saturated carbocycles. The van der Waals surface area contributed by atoms with Crippen LogP contribution in [0.1, 0.15) is 12.6 Å². The number of nitrogens with zero attached hydrogens (tertiary/aromatic N) is 3. The van der Waals surface area contributed by atoms with Gasteiger partial charge in [-0.1, -0.05) is 5.21 Å². The Bertz CT molecular complexity index is 220. The summed E-state index contributed by atoms with van der Waals surface area (Å²) in [5.74, 6) is 0. The molecule has 1 aromatic heterocycles. The zero-order valence-electron chi connectivity index (χ0n) is 6.44. The lowest BCUT2D eigenvalue weighted by atomic mass is 10.4. The molecule has 0 unspecified atom stereocenters. The van der Waals surface area contributed by atoms with Crippen molar-refractivity contribution in [2.75, 3.05) is 0 Å². The molecular formula is C6H12N4O. The quantitative estimate of drug-likeness (QED) is 0.595. The molecule has 5 heteroatoms. The maximum absolute atomic E-state index is 8.64. The van der Waals surface area contributed by atoms with Crippen molar-refractivity contribution < 1.29 is 5.11 Å². The van der Waals surface area contributed by atoms with Gasteiger partial charge >= 0.3 is 0 Å². The third kappa shape index (κ3) is 2.28. The zero-order valence-corrected chi connectivity index (χ0v) is 6.44. The first-order valence-corrected chi connectivity index (χ1v) is 3.48. The molecule has 1 heterocycles. The van der Waals surface area contributed by atoms with E-state index in [0.29, 0.717) is 12.2 Å². The van der Waals surface area contributed by atoms with Crippen molar-refractivity contribution in [3.8, 4) is 0 Å². The van der Waals surface area contributed by atoms with Gasteiger partial charge in [-0.2, -0.15) is 0 Å². The van der Waals surface area contributed by atoms with Gasteiger partial charge in [0.05, 0.1) is 19.3 Å². The fourth-order valence-corrected chi connectivity index (χ4v) is 0.795. The number of aliphatic hydroxyl groups excluding tert-OH is 1. The SMILES string of the molecule is C[C@@H](N)Cn1cc(CO)nn1. The number of aromatic nitrogens is 3. The van der Waals surface area contributed by atoms with Crippen molar-refractivity contribution >= 4 is 0 Å². The molecule has 11 heavy (non-hydrogen) atoms. The Kier molecular flexibility index (Phi) is 2.56. The highest BCUT2D eigenvalue weighted by atomic mass is 16.3. The maximum atomic E-state index is 8.64. The lowest BCUT2D eigenvalue weighted by Crippen LogP contribution is -2.22. The van der Waals surface area contributed by atoms with Crippen molar-refractivity contribution in [3.63, 3.8) is 0 Å².